The molecule has 0 saturated heterocycles. The van der Waals surface area contributed by atoms with Gasteiger partial charge in [0.1, 0.15) is 6.04 Å². The van der Waals surface area contributed by atoms with Crippen LogP contribution in [0.25, 0.3) is 0 Å². The summed E-state index contributed by atoms with van der Waals surface area (Å²) in [4.78, 5) is 28.5. The summed E-state index contributed by atoms with van der Waals surface area (Å²) in [5, 5.41) is 3.62. The Balaban J connectivity index is 1.91. The lowest BCUT2D eigenvalue weighted by molar-refractivity contribution is -0.141. The van der Waals surface area contributed by atoms with Crippen molar-refractivity contribution in [1.82, 2.24) is 10.2 Å². The van der Waals surface area contributed by atoms with Gasteiger partial charge in [-0.15, -0.1) is 0 Å². The number of nitrogens with one attached hydrogen (secondary N) is 1. The van der Waals surface area contributed by atoms with Gasteiger partial charge in [0.25, 0.3) is 0 Å². The molecule has 1 N–H and O–H groups in total. The Kier molecular flexibility index (Phi) is 9.29. The van der Waals surface area contributed by atoms with E-state index in [0.717, 1.165) is 23.1 Å². The van der Waals surface area contributed by atoms with Gasteiger partial charge in [0.15, 0.2) is 0 Å². The standard InChI is InChI=1S/C29H33ClN2O2/c1-4-21(2)31-29(34)22(3)32(20-23-12-11-17-26(30)18-23)28(33)19-27(24-13-7-5-8-14-24)25-15-9-6-10-16-25/h5-18,21-22,27H,4,19-20H2,1-3H3,(H,31,34)/t21-,22-/m0/s1. The Hall–Kier alpha value is -3.11. The molecule has 0 fully saturated rings. The predicted molar refractivity (Wildman–Crippen MR) is 139 cm³/mol. The second-order valence-corrected chi connectivity index (χ2v) is 9.16. The third kappa shape index (κ3) is 6.94. The molecule has 0 aliphatic rings. The highest BCUT2D eigenvalue weighted by atomic mass is 35.5. The lowest BCUT2D eigenvalue weighted by Crippen LogP contribution is -2.49. The molecule has 0 aromatic heterocycles. The van der Waals surface area contributed by atoms with Gasteiger partial charge in [-0.1, -0.05) is 91.3 Å². The lowest BCUT2D eigenvalue weighted by atomic mass is 9.88. The fourth-order valence-electron chi connectivity index (χ4n) is 3.97. The second kappa shape index (κ2) is 12.4. The van der Waals surface area contributed by atoms with Crippen LogP contribution < -0.4 is 5.32 Å². The molecule has 2 atom stereocenters. The lowest BCUT2D eigenvalue weighted by Gasteiger charge is -2.31. The van der Waals surface area contributed by atoms with Gasteiger partial charge >= 0.3 is 0 Å². The Morgan fingerprint density at radius 2 is 1.47 bits per heavy atom. The molecule has 3 rings (SSSR count). The number of benzene rings is 3. The highest BCUT2D eigenvalue weighted by Crippen LogP contribution is 2.29. The van der Waals surface area contributed by atoms with Gasteiger partial charge in [-0.3, -0.25) is 9.59 Å². The normalized spacial score (nSPS) is 12.7. The summed E-state index contributed by atoms with van der Waals surface area (Å²) in [7, 11) is 0. The average molecular weight is 477 g/mol. The molecule has 34 heavy (non-hydrogen) atoms. The van der Waals surface area contributed by atoms with E-state index in [9.17, 15) is 9.59 Å². The fourth-order valence-corrected chi connectivity index (χ4v) is 4.18. The monoisotopic (exact) mass is 476 g/mol. The van der Waals surface area contributed by atoms with Crippen LogP contribution in [-0.2, 0) is 16.1 Å². The molecule has 0 aliphatic carbocycles. The van der Waals surface area contributed by atoms with Gasteiger partial charge in [-0.05, 0) is 49.1 Å². The highest BCUT2D eigenvalue weighted by molar-refractivity contribution is 6.30. The van der Waals surface area contributed by atoms with E-state index >= 15 is 0 Å². The molecule has 178 valence electrons. The van der Waals surface area contributed by atoms with Crippen LogP contribution in [0.4, 0.5) is 0 Å². The SMILES string of the molecule is CC[C@H](C)NC(=O)[C@H](C)N(Cc1cccc(Cl)c1)C(=O)CC(c1ccccc1)c1ccccc1. The van der Waals surface area contributed by atoms with E-state index in [1.54, 1.807) is 17.9 Å². The molecule has 0 saturated carbocycles. The molecular formula is C29H33ClN2O2. The van der Waals surface area contributed by atoms with Gasteiger partial charge in [-0.25, -0.2) is 0 Å². The molecule has 0 unspecified atom stereocenters. The third-order valence-corrected chi connectivity index (χ3v) is 6.43. The van der Waals surface area contributed by atoms with Crippen LogP contribution in [0.2, 0.25) is 5.02 Å². The summed E-state index contributed by atoms with van der Waals surface area (Å²) in [5.74, 6) is -0.341. The number of hydrogen-bond donors (Lipinski definition) is 1. The summed E-state index contributed by atoms with van der Waals surface area (Å²) in [6.07, 6.45) is 1.08. The van der Waals surface area contributed by atoms with E-state index in [1.807, 2.05) is 92.7 Å². The fraction of sp³-hybridized carbons (Fsp3) is 0.310. The summed E-state index contributed by atoms with van der Waals surface area (Å²) in [6, 6.07) is 26.9. The van der Waals surface area contributed by atoms with E-state index in [2.05, 4.69) is 5.32 Å². The number of halogens is 1. The van der Waals surface area contributed by atoms with Crippen LogP contribution in [0.15, 0.2) is 84.9 Å². The number of carbonyl (C=O) groups excluding carboxylic acids is 2. The molecule has 0 heterocycles. The van der Waals surface area contributed by atoms with Crippen molar-refractivity contribution in [3.8, 4) is 0 Å². The average Bonchev–Trinajstić information content (AvgIpc) is 2.86. The first-order valence-corrected chi connectivity index (χ1v) is 12.2. The molecule has 0 spiro atoms. The van der Waals surface area contributed by atoms with E-state index in [-0.39, 0.29) is 30.2 Å². The zero-order chi connectivity index (χ0) is 24.5. The van der Waals surface area contributed by atoms with Crippen molar-refractivity contribution < 1.29 is 9.59 Å². The molecule has 5 heteroatoms. The maximum Gasteiger partial charge on any atom is 0.242 e. The van der Waals surface area contributed by atoms with Crippen molar-refractivity contribution >= 4 is 23.4 Å². The Labute approximate surface area is 207 Å². The number of nitrogens with zero attached hydrogens (tertiary/aromatic N) is 1. The topological polar surface area (TPSA) is 49.4 Å². The van der Waals surface area contributed by atoms with Gasteiger partial charge < -0.3 is 10.2 Å². The van der Waals surface area contributed by atoms with Gasteiger partial charge in [-0.2, -0.15) is 0 Å². The first-order valence-electron chi connectivity index (χ1n) is 11.8. The molecule has 0 aliphatic heterocycles. The van der Waals surface area contributed by atoms with Crippen molar-refractivity contribution in [2.75, 3.05) is 0 Å². The van der Waals surface area contributed by atoms with Gasteiger partial charge in [0, 0.05) is 29.9 Å². The number of amides is 2. The number of hydrogen-bond acceptors (Lipinski definition) is 2. The largest absolute Gasteiger partial charge is 0.352 e. The van der Waals surface area contributed by atoms with Crippen molar-refractivity contribution in [3.63, 3.8) is 0 Å². The van der Waals surface area contributed by atoms with Crippen molar-refractivity contribution in [1.29, 1.82) is 0 Å². The van der Waals surface area contributed by atoms with E-state index < -0.39 is 6.04 Å². The molecular weight excluding hydrogens is 444 g/mol. The minimum atomic E-state index is -0.618. The van der Waals surface area contributed by atoms with E-state index in [4.69, 9.17) is 11.6 Å². The van der Waals surface area contributed by atoms with Crippen LogP contribution in [0, 0.1) is 0 Å². The first kappa shape index (κ1) is 25.5. The minimum Gasteiger partial charge on any atom is -0.352 e. The Morgan fingerprint density at radius 1 is 0.882 bits per heavy atom. The molecule has 0 bridgehead atoms. The van der Waals surface area contributed by atoms with Crippen LogP contribution in [0.3, 0.4) is 0 Å². The van der Waals surface area contributed by atoms with Gasteiger partial charge in [0.05, 0.1) is 0 Å². The Bertz CT molecular complexity index is 1030. The van der Waals surface area contributed by atoms with Crippen LogP contribution in [0.1, 0.15) is 56.2 Å². The van der Waals surface area contributed by atoms with Crippen molar-refractivity contribution in [3.05, 3.63) is 107 Å². The Morgan fingerprint density at radius 3 is 2.00 bits per heavy atom. The molecule has 3 aromatic rings. The zero-order valence-corrected chi connectivity index (χ0v) is 20.8. The summed E-state index contributed by atoms with van der Waals surface area (Å²) in [6.45, 7) is 6.09. The molecule has 3 aromatic carbocycles. The van der Waals surface area contributed by atoms with Crippen LogP contribution in [0.5, 0.6) is 0 Å². The summed E-state index contributed by atoms with van der Waals surface area (Å²) >= 11 is 6.20. The van der Waals surface area contributed by atoms with Crippen molar-refractivity contribution in [2.45, 2.75) is 58.2 Å². The third-order valence-electron chi connectivity index (χ3n) is 6.19. The van der Waals surface area contributed by atoms with Crippen molar-refractivity contribution in [2.24, 2.45) is 0 Å². The highest BCUT2D eigenvalue weighted by Gasteiger charge is 2.29. The quantitative estimate of drug-likeness (QED) is 0.379. The zero-order valence-electron chi connectivity index (χ0n) is 20.1. The van der Waals surface area contributed by atoms with E-state index in [0.29, 0.717) is 11.6 Å². The summed E-state index contributed by atoms with van der Waals surface area (Å²) < 4.78 is 0. The number of carbonyl (C=O) groups is 2. The molecule has 2 amide bonds. The minimum absolute atomic E-state index is 0.0412. The second-order valence-electron chi connectivity index (χ2n) is 8.72. The van der Waals surface area contributed by atoms with Crippen LogP contribution >= 0.6 is 11.6 Å². The summed E-state index contributed by atoms with van der Waals surface area (Å²) in [5.41, 5.74) is 3.03. The molecule has 0 radical (unpaired) electrons. The first-order chi connectivity index (χ1) is 16.4. The van der Waals surface area contributed by atoms with Gasteiger partial charge in [0.2, 0.25) is 11.8 Å². The molecule has 4 nitrogen and oxygen atoms in total. The number of rotatable bonds is 10. The van der Waals surface area contributed by atoms with E-state index in [1.165, 1.54) is 0 Å². The maximum absolute atomic E-state index is 13.8. The smallest absolute Gasteiger partial charge is 0.242 e. The maximum atomic E-state index is 13.8. The predicted octanol–water partition coefficient (Wildman–Crippen LogP) is 6.19. The van der Waals surface area contributed by atoms with Crippen LogP contribution in [-0.4, -0.2) is 28.8 Å².